The van der Waals surface area contributed by atoms with E-state index in [0.29, 0.717) is 28.2 Å². The number of benzene rings is 1. The molecule has 40 heavy (non-hydrogen) atoms. The van der Waals surface area contributed by atoms with E-state index in [0.717, 1.165) is 37.0 Å². The quantitative estimate of drug-likeness (QED) is 0.339. The van der Waals surface area contributed by atoms with Crippen LogP contribution in [0.4, 0.5) is 5.69 Å². The molecule has 0 atom stereocenters. The van der Waals surface area contributed by atoms with E-state index in [1.165, 1.54) is 4.57 Å². The highest BCUT2D eigenvalue weighted by molar-refractivity contribution is 6.05. The van der Waals surface area contributed by atoms with E-state index in [9.17, 15) is 15.3 Å². The van der Waals surface area contributed by atoms with Crippen LogP contribution in [0, 0.1) is 28.6 Å². The number of pyridine rings is 2. The van der Waals surface area contributed by atoms with E-state index >= 15 is 0 Å². The van der Waals surface area contributed by atoms with Gasteiger partial charge in [-0.25, -0.2) is 4.98 Å². The van der Waals surface area contributed by atoms with Crippen LogP contribution in [-0.2, 0) is 11.9 Å². The maximum absolute atomic E-state index is 13.1. The largest absolute Gasteiger partial charge is 0.454 e. The van der Waals surface area contributed by atoms with Gasteiger partial charge in [0, 0.05) is 31.6 Å². The Morgan fingerprint density at radius 3 is 2.55 bits per heavy atom. The van der Waals surface area contributed by atoms with Crippen LogP contribution in [0.2, 0.25) is 0 Å². The fourth-order valence-corrected chi connectivity index (χ4v) is 5.48. The molecule has 10 nitrogen and oxygen atoms in total. The third-order valence-corrected chi connectivity index (χ3v) is 7.52. The van der Waals surface area contributed by atoms with Crippen LogP contribution in [0.5, 0.6) is 11.5 Å². The number of aromatic nitrogens is 2. The van der Waals surface area contributed by atoms with Gasteiger partial charge in [0.25, 0.3) is 5.56 Å². The van der Waals surface area contributed by atoms with Crippen molar-refractivity contribution in [1.29, 1.82) is 10.5 Å². The second-order valence-corrected chi connectivity index (χ2v) is 11.2. The highest BCUT2D eigenvalue weighted by Crippen LogP contribution is 2.40. The number of aryl methyl sites for hydroxylation is 1. The van der Waals surface area contributed by atoms with Gasteiger partial charge in [0.2, 0.25) is 6.79 Å². The molecule has 1 aliphatic heterocycles. The average molecular weight is 541 g/mol. The molecule has 2 aliphatic rings. The Kier molecular flexibility index (Phi) is 7.12. The van der Waals surface area contributed by atoms with Crippen molar-refractivity contribution in [3.63, 3.8) is 0 Å². The lowest BCUT2D eigenvalue weighted by Crippen LogP contribution is -2.39. The molecule has 0 N–H and O–H groups in total. The monoisotopic (exact) mass is 540 g/mol. The molecule has 1 saturated carbocycles. The van der Waals surface area contributed by atoms with Gasteiger partial charge in [0.05, 0.1) is 16.9 Å². The fraction of sp³-hybridized carbons (Fsp3) is 0.433. The van der Waals surface area contributed by atoms with Crippen molar-refractivity contribution in [2.24, 2.45) is 18.1 Å². The van der Waals surface area contributed by atoms with Gasteiger partial charge in [-0.15, -0.1) is 0 Å². The summed E-state index contributed by atoms with van der Waals surface area (Å²) in [6.07, 6.45) is 3.21. The molecule has 0 spiro atoms. The Labute approximate surface area is 233 Å². The second kappa shape index (κ2) is 10.5. The third-order valence-electron chi connectivity index (χ3n) is 7.52. The normalized spacial score (nSPS) is 18.7. The van der Waals surface area contributed by atoms with Crippen molar-refractivity contribution in [2.45, 2.75) is 58.1 Å². The smallest absolute Gasteiger partial charge is 0.270 e. The first-order chi connectivity index (χ1) is 19.1. The standard InChI is InChI=1S/C30H32N6O4/c1-30(2,3)40-34-25(21-7-6-8-24-28(21)39-17-38-24)18-9-12-20(13-10-18)35(4)27-22(16-32)29(37)36(5)23-14-11-19(15-31)33-26(23)27/h6-8,11,14,18,20H,9-10,12-13,17H2,1-5H3/b34-25+. The SMILES string of the molecule is CN(c1c(C#N)c(=O)n(C)c2ccc(C#N)nc12)C1CCC(/C(=N\OC(C)(C)C)c2cccc3c2OCO3)CC1. The predicted octanol–water partition coefficient (Wildman–Crippen LogP) is 4.62. The average Bonchev–Trinajstić information content (AvgIpc) is 3.44. The van der Waals surface area contributed by atoms with E-state index in [2.05, 4.69) is 22.3 Å². The first-order valence-electron chi connectivity index (χ1n) is 13.3. The van der Waals surface area contributed by atoms with Crippen molar-refractivity contribution in [3.05, 3.63) is 57.5 Å². The third kappa shape index (κ3) is 4.93. The number of nitriles is 2. The Balaban J connectivity index is 1.47. The highest BCUT2D eigenvalue weighted by Gasteiger charge is 2.33. The molecule has 1 fully saturated rings. The van der Waals surface area contributed by atoms with Gasteiger partial charge in [0.15, 0.2) is 11.5 Å². The zero-order chi connectivity index (χ0) is 28.6. The van der Waals surface area contributed by atoms with Gasteiger partial charge in [-0.1, -0.05) is 11.2 Å². The van der Waals surface area contributed by atoms with E-state index < -0.39 is 5.60 Å². The number of anilines is 1. The number of nitrogens with zero attached hydrogens (tertiary/aromatic N) is 6. The lowest BCUT2D eigenvalue weighted by molar-refractivity contribution is -0.0000620. The van der Waals surface area contributed by atoms with Crippen LogP contribution in [0.1, 0.15) is 63.3 Å². The Hall–Kier alpha value is -4.57. The minimum atomic E-state index is -0.457. The molecular formula is C30H32N6O4. The molecule has 5 rings (SSSR count). The van der Waals surface area contributed by atoms with Crippen LogP contribution >= 0.6 is 0 Å². The summed E-state index contributed by atoms with van der Waals surface area (Å²) in [6.45, 7) is 6.05. The summed E-state index contributed by atoms with van der Waals surface area (Å²) >= 11 is 0. The summed E-state index contributed by atoms with van der Waals surface area (Å²) < 4.78 is 12.8. The van der Waals surface area contributed by atoms with Crippen LogP contribution in [0.15, 0.2) is 40.3 Å². The van der Waals surface area contributed by atoms with Gasteiger partial charge in [-0.05, 0) is 70.7 Å². The van der Waals surface area contributed by atoms with Crippen molar-refractivity contribution in [2.75, 3.05) is 18.7 Å². The fourth-order valence-electron chi connectivity index (χ4n) is 5.48. The molecule has 1 aliphatic carbocycles. The van der Waals surface area contributed by atoms with Crippen LogP contribution in [-0.4, -0.2) is 40.7 Å². The molecule has 0 amide bonds. The summed E-state index contributed by atoms with van der Waals surface area (Å²) in [5.41, 5.74) is 2.64. The Morgan fingerprint density at radius 2 is 1.88 bits per heavy atom. The van der Waals surface area contributed by atoms with Crippen LogP contribution in [0.3, 0.4) is 0 Å². The number of hydrogen-bond donors (Lipinski definition) is 0. The van der Waals surface area contributed by atoms with E-state index in [4.69, 9.17) is 14.3 Å². The number of rotatable bonds is 5. The molecule has 206 valence electrons. The van der Waals surface area contributed by atoms with E-state index in [1.54, 1.807) is 19.2 Å². The number of para-hydroxylation sites is 1. The first-order valence-corrected chi connectivity index (χ1v) is 13.3. The molecule has 0 radical (unpaired) electrons. The summed E-state index contributed by atoms with van der Waals surface area (Å²) in [6, 6.07) is 13.3. The van der Waals surface area contributed by atoms with Gasteiger partial charge < -0.3 is 23.8 Å². The summed E-state index contributed by atoms with van der Waals surface area (Å²) in [7, 11) is 3.51. The van der Waals surface area contributed by atoms with Gasteiger partial charge >= 0.3 is 0 Å². The lowest BCUT2D eigenvalue weighted by atomic mass is 9.80. The molecule has 10 heteroatoms. The molecule has 2 aromatic heterocycles. The molecule has 0 bridgehead atoms. The second-order valence-electron chi connectivity index (χ2n) is 11.2. The van der Waals surface area contributed by atoms with Gasteiger partial charge in [-0.3, -0.25) is 4.79 Å². The summed E-state index contributed by atoms with van der Waals surface area (Å²) in [4.78, 5) is 25.5. The minimum absolute atomic E-state index is 0.0278. The Morgan fingerprint density at radius 1 is 1.12 bits per heavy atom. The summed E-state index contributed by atoms with van der Waals surface area (Å²) in [5, 5.41) is 24.1. The molecule has 1 aromatic carbocycles. The molecule has 0 unspecified atom stereocenters. The molecular weight excluding hydrogens is 508 g/mol. The molecule has 3 aromatic rings. The highest BCUT2D eigenvalue weighted by atomic mass is 16.7. The molecule has 0 saturated heterocycles. The number of oxime groups is 1. The van der Waals surface area contributed by atoms with Gasteiger partial charge in [-0.2, -0.15) is 10.5 Å². The van der Waals surface area contributed by atoms with Crippen LogP contribution < -0.4 is 19.9 Å². The van der Waals surface area contributed by atoms with Crippen molar-refractivity contribution >= 4 is 22.4 Å². The topological polar surface area (TPSA) is 126 Å². The first kappa shape index (κ1) is 27.0. The molecule has 3 heterocycles. The lowest BCUT2D eigenvalue weighted by Gasteiger charge is -2.37. The summed E-state index contributed by atoms with van der Waals surface area (Å²) in [5.74, 6) is 1.49. The zero-order valence-electron chi connectivity index (χ0n) is 23.4. The van der Waals surface area contributed by atoms with Crippen LogP contribution in [0.25, 0.3) is 11.0 Å². The van der Waals surface area contributed by atoms with Crippen molar-refractivity contribution in [1.82, 2.24) is 9.55 Å². The number of hydrogen-bond acceptors (Lipinski definition) is 9. The zero-order valence-corrected chi connectivity index (χ0v) is 23.4. The van der Waals surface area contributed by atoms with Crippen molar-refractivity contribution < 1.29 is 14.3 Å². The van der Waals surface area contributed by atoms with E-state index in [-0.39, 0.29) is 35.6 Å². The minimum Gasteiger partial charge on any atom is -0.454 e. The number of ether oxygens (including phenoxy) is 2. The predicted molar refractivity (Wildman–Crippen MR) is 151 cm³/mol. The number of fused-ring (bicyclic) bond motifs is 2. The maximum Gasteiger partial charge on any atom is 0.270 e. The Bertz CT molecular complexity index is 1630. The van der Waals surface area contributed by atoms with Gasteiger partial charge in [0.1, 0.15) is 34.5 Å². The maximum atomic E-state index is 13.1. The van der Waals surface area contributed by atoms with Crippen molar-refractivity contribution in [3.8, 4) is 23.6 Å². The van der Waals surface area contributed by atoms with E-state index in [1.807, 2.05) is 50.9 Å².